The Labute approximate surface area is 160 Å². The number of nitro benzene ring substituents is 1. The fourth-order valence-electron chi connectivity index (χ4n) is 4.02. The van der Waals surface area contributed by atoms with E-state index in [9.17, 15) is 24.1 Å². The van der Waals surface area contributed by atoms with Gasteiger partial charge in [-0.25, -0.2) is 4.39 Å². The van der Waals surface area contributed by atoms with Crippen LogP contribution in [0.2, 0.25) is 0 Å². The second-order valence-corrected chi connectivity index (χ2v) is 6.95. The Hall–Kier alpha value is -3.35. The van der Waals surface area contributed by atoms with E-state index in [-0.39, 0.29) is 23.8 Å². The number of ketones is 1. The highest BCUT2D eigenvalue weighted by Crippen LogP contribution is 2.43. The Kier molecular flexibility index (Phi) is 4.50. The molecular weight excluding hydrogens is 363 g/mol. The fourth-order valence-corrected chi connectivity index (χ4v) is 4.02. The zero-order valence-electron chi connectivity index (χ0n) is 14.9. The summed E-state index contributed by atoms with van der Waals surface area (Å²) < 4.78 is 13.7. The van der Waals surface area contributed by atoms with E-state index in [1.54, 1.807) is 18.2 Å². The summed E-state index contributed by atoms with van der Waals surface area (Å²) in [4.78, 5) is 37.6. The second-order valence-electron chi connectivity index (χ2n) is 6.95. The van der Waals surface area contributed by atoms with Gasteiger partial charge in [-0.3, -0.25) is 24.6 Å². The molecule has 7 heteroatoms. The van der Waals surface area contributed by atoms with Gasteiger partial charge in [-0.2, -0.15) is 0 Å². The number of hydrogen-bond donors (Lipinski definition) is 0. The van der Waals surface area contributed by atoms with Crippen molar-refractivity contribution < 1.29 is 18.9 Å². The van der Waals surface area contributed by atoms with Gasteiger partial charge in [0.05, 0.1) is 10.6 Å². The summed E-state index contributed by atoms with van der Waals surface area (Å²) in [5.74, 6) is -1.14. The quantitative estimate of drug-likeness (QED) is 0.589. The molecule has 1 aliphatic heterocycles. The number of carbonyl (C=O) groups is 2. The molecule has 1 unspecified atom stereocenters. The van der Waals surface area contributed by atoms with E-state index in [2.05, 4.69) is 0 Å². The lowest BCUT2D eigenvalue weighted by Crippen LogP contribution is -2.40. The maximum absolute atomic E-state index is 13.7. The molecule has 0 spiro atoms. The number of nitrogens with zero attached hydrogens (tertiary/aromatic N) is 2. The summed E-state index contributed by atoms with van der Waals surface area (Å²) in [6.07, 6.45) is 1.63. The van der Waals surface area contributed by atoms with Crippen molar-refractivity contribution in [3.63, 3.8) is 0 Å². The fraction of sp³-hybridized carbons (Fsp3) is 0.238. The van der Waals surface area contributed by atoms with Crippen LogP contribution in [0.3, 0.4) is 0 Å². The smallest absolute Gasteiger partial charge is 0.269 e. The molecule has 2 aromatic carbocycles. The molecule has 0 radical (unpaired) electrons. The molecule has 2 aliphatic rings. The molecule has 1 amide bonds. The lowest BCUT2D eigenvalue weighted by Gasteiger charge is -2.38. The molecule has 0 fully saturated rings. The molecule has 0 aromatic heterocycles. The van der Waals surface area contributed by atoms with Gasteiger partial charge in [-0.15, -0.1) is 0 Å². The van der Waals surface area contributed by atoms with Crippen molar-refractivity contribution in [3.05, 3.63) is 81.3 Å². The zero-order chi connectivity index (χ0) is 19.8. The Morgan fingerprint density at radius 2 is 1.82 bits per heavy atom. The highest BCUT2D eigenvalue weighted by Gasteiger charge is 2.39. The second kappa shape index (κ2) is 6.99. The number of Topliss-reactive ketones (excluding diaryl/α,β-unsaturated/α-hetero) is 1. The third kappa shape index (κ3) is 3.09. The van der Waals surface area contributed by atoms with Crippen molar-refractivity contribution in [2.75, 3.05) is 4.90 Å². The summed E-state index contributed by atoms with van der Waals surface area (Å²) in [5.41, 5.74) is 2.23. The zero-order valence-corrected chi connectivity index (χ0v) is 14.9. The van der Waals surface area contributed by atoms with Crippen LogP contribution >= 0.6 is 0 Å². The van der Waals surface area contributed by atoms with Gasteiger partial charge in [-0.05, 0) is 36.6 Å². The van der Waals surface area contributed by atoms with E-state index in [0.717, 1.165) is 0 Å². The summed E-state index contributed by atoms with van der Waals surface area (Å²) in [6, 6.07) is 11.7. The first-order chi connectivity index (χ1) is 13.5. The van der Waals surface area contributed by atoms with Gasteiger partial charge in [0.2, 0.25) is 5.91 Å². The van der Waals surface area contributed by atoms with Crippen molar-refractivity contribution in [2.45, 2.75) is 31.6 Å². The number of halogens is 1. The number of non-ortho nitro benzene ring substituents is 1. The highest BCUT2D eigenvalue weighted by atomic mass is 19.1. The Balaban J connectivity index is 1.82. The molecule has 1 atom stereocenters. The van der Waals surface area contributed by atoms with Crippen molar-refractivity contribution in [3.8, 4) is 0 Å². The van der Waals surface area contributed by atoms with Gasteiger partial charge >= 0.3 is 0 Å². The number of carbonyl (C=O) groups excluding carboxylic acids is 2. The topological polar surface area (TPSA) is 80.5 Å². The highest BCUT2D eigenvalue weighted by molar-refractivity contribution is 6.07. The molecule has 28 heavy (non-hydrogen) atoms. The number of rotatable bonds is 3. The van der Waals surface area contributed by atoms with Gasteiger partial charge in [0, 0.05) is 42.2 Å². The van der Waals surface area contributed by atoms with Gasteiger partial charge in [-0.1, -0.05) is 18.2 Å². The number of allylic oxidation sites excluding steroid dienone is 2. The lowest BCUT2D eigenvalue weighted by molar-refractivity contribution is -0.384. The Morgan fingerprint density at radius 3 is 2.50 bits per heavy atom. The standard InChI is InChI=1S/C21H17FN2O4/c22-14-3-1-4-16(11-14)23-18-5-2-6-19(25)21(18)17(12-20(23)26)13-7-9-15(10-8-13)24(27)28/h1,3-4,7-11,17H,2,5-6,12H2. The predicted molar refractivity (Wildman–Crippen MR) is 100 cm³/mol. The molecule has 0 N–H and O–H groups in total. The van der Waals surface area contributed by atoms with Crippen molar-refractivity contribution in [1.82, 2.24) is 0 Å². The van der Waals surface area contributed by atoms with E-state index < -0.39 is 16.7 Å². The third-order valence-corrected chi connectivity index (χ3v) is 5.25. The number of nitro groups is 1. The average Bonchev–Trinajstić information content (AvgIpc) is 2.67. The number of amides is 1. The summed E-state index contributed by atoms with van der Waals surface area (Å²) in [7, 11) is 0. The van der Waals surface area contributed by atoms with E-state index in [1.165, 1.54) is 35.2 Å². The Morgan fingerprint density at radius 1 is 1.07 bits per heavy atom. The van der Waals surface area contributed by atoms with Crippen LogP contribution in [0.1, 0.15) is 37.2 Å². The summed E-state index contributed by atoms with van der Waals surface area (Å²) in [5, 5.41) is 10.9. The summed E-state index contributed by atoms with van der Waals surface area (Å²) in [6.45, 7) is 0. The molecule has 4 rings (SSSR count). The van der Waals surface area contributed by atoms with Crippen LogP contribution in [0, 0.1) is 15.9 Å². The monoisotopic (exact) mass is 380 g/mol. The van der Waals surface area contributed by atoms with Crippen molar-refractivity contribution >= 4 is 23.1 Å². The van der Waals surface area contributed by atoms with Crippen LogP contribution in [0.4, 0.5) is 15.8 Å². The first-order valence-electron chi connectivity index (χ1n) is 9.05. The van der Waals surface area contributed by atoms with E-state index in [0.29, 0.717) is 41.8 Å². The Bertz CT molecular complexity index is 1010. The third-order valence-electron chi connectivity index (χ3n) is 5.25. The van der Waals surface area contributed by atoms with Crippen LogP contribution in [0.15, 0.2) is 59.8 Å². The van der Waals surface area contributed by atoms with E-state index in [4.69, 9.17) is 0 Å². The van der Waals surface area contributed by atoms with Gasteiger partial charge in [0.1, 0.15) is 5.82 Å². The SMILES string of the molecule is O=C1CCCC2=C1C(c1ccc([N+](=O)[O-])cc1)CC(=O)N2c1cccc(F)c1. The van der Waals surface area contributed by atoms with Gasteiger partial charge < -0.3 is 0 Å². The van der Waals surface area contributed by atoms with Crippen LogP contribution in [-0.4, -0.2) is 16.6 Å². The number of anilines is 1. The minimum absolute atomic E-state index is 0.0292. The number of benzene rings is 2. The van der Waals surface area contributed by atoms with Gasteiger partial charge in [0.25, 0.3) is 5.69 Å². The first kappa shape index (κ1) is 18.0. The van der Waals surface area contributed by atoms with Crippen molar-refractivity contribution in [1.29, 1.82) is 0 Å². The normalized spacial score (nSPS) is 19.6. The van der Waals surface area contributed by atoms with Crippen LogP contribution in [0.5, 0.6) is 0 Å². The van der Waals surface area contributed by atoms with Crippen LogP contribution in [0.25, 0.3) is 0 Å². The molecule has 0 saturated carbocycles. The molecule has 2 aromatic rings. The number of hydrogen-bond acceptors (Lipinski definition) is 4. The predicted octanol–water partition coefficient (Wildman–Crippen LogP) is 4.26. The largest absolute Gasteiger partial charge is 0.294 e. The van der Waals surface area contributed by atoms with Gasteiger partial charge in [0.15, 0.2) is 5.78 Å². The maximum Gasteiger partial charge on any atom is 0.269 e. The van der Waals surface area contributed by atoms with E-state index >= 15 is 0 Å². The first-order valence-corrected chi connectivity index (χ1v) is 9.05. The molecule has 1 aliphatic carbocycles. The summed E-state index contributed by atoms with van der Waals surface area (Å²) >= 11 is 0. The molecule has 0 saturated heterocycles. The molecule has 6 nitrogen and oxygen atoms in total. The molecular formula is C21H17FN2O4. The maximum atomic E-state index is 13.7. The average molecular weight is 380 g/mol. The van der Waals surface area contributed by atoms with Crippen LogP contribution < -0.4 is 4.90 Å². The van der Waals surface area contributed by atoms with E-state index in [1.807, 2.05) is 0 Å². The molecule has 142 valence electrons. The minimum Gasteiger partial charge on any atom is -0.294 e. The lowest BCUT2D eigenvalue weighted by atomic mass is 9.77. The minimum atomic E-state index is -0.488. The van der Waals surface area contributed by atoms with Crippen LogP contribution in [-0.2, 0) is 9.59 Å². The van der Waals surface area contributed by atoms with Crippen molar-refractivity contribution in [2.24, 2.45) is 0 Å². The molecule has 0 bridgehead atoms. The molecule has 1 heterocycles.